The van der Waals surface area contributed by atoms with E-state index in [1.54, 1.807) is 36.0 Å². The average Bonchev–Trinajstić information content (AvgIpc) is 3.30. The zero-order valence-corrected chi connectivity index (χ0v) is 41.0. The van der Waals surface area contributed by atoms with E-state index in [0.717, 1.165) is 64.0 Å². The van der Waals surface area contributed by atoms with Crippen LogP contribution < -0.4 is 10.6 Å². The third kappa shape index (κ3) is 14.4. The predicted molar refractivity (Wildman–Crippen MR) is 276 cm³/mol. The lowest BCUT2D eigenvalue weighted by Gasteiger charge is -2.17. The van der Waals surface area contributed by atoms with Gasteiger partial charge in [-0.15, -0.1) is 48.3 Å². The van der Waals surface area contributed by atoms with Gasteiger partial charge in [0.05, 0.1) is 36.8 Å². The molecule has 0 amide bonds. The second-order valence-corrected chi connectivity index (χ2v) is 18.2. The first-order valence-electron chi connectivity index (χ1n) is 20.3. The van der Waals surface area contributed by atoms with Crippen LogP contribution in [0.25, 0.3) is 21.5 Å². The van der Waals surface area contributed by atoms with Gasteiger partial charge in [-0.3, -0.25) is 0 Å². The van der Waals surface area contributed by atoms with E-state index in [2.05, 4.69) is 66.6 Å². The van der Waals surface area contributed by atoms with E-state index in [4.69, 9.17) is 46.4 Å². The number of hydrogen-bond acceptors (Lipinski definition) is 7. The molecule has 6 nitrogen and oxygen atoms in total. The Balaban J connectivity index is 0.000000271. The Morgan fingerprint density at radius 3 is 1.56 bits per heavy atom. The fraction of sp³-hybridized carbons (Fsp3) is 0.235. The molecule has 0 spiro atoms. The molecule has 2 atom stereocenters. The summed E-state index contributed by atoms with van der Waals surface area (Å²) in [7, 11) is 0. The van der Waals surface area contributed by atoms with E-state index in [1.807, 2.05) is 72.8 Å². The number of rotatable bonds is 19. The molecule has 0 radical (unpaired) electrons. The summed E-state index contributed by atoms with van der Waals surface area (Å²) in [5, 5.41) is 41.9. The maximum atomic E-state index is 12.0. The summed E-state index contributed by atoms with van der Waals surface area (Å²) >= 11 is 32.2. The zero-order valence-electron chi connectivity index (χ0n) is 35.6. The number of benzene rings is 6. The summed E-state index contributed by atoms with van der Waals surface area (Å²) < 4.78 is 0. The Morgan fingerprint density at radius 1 is 0.672 bits per heavy atom. The van der Waals surface area contributed by atoms with Crippen LogP contribution in [0.5, 0.6) is 0 Å². The number of hydrogen-bond donors (Lipinski definition) is 3. The van der Waals surface area contributed by atoms with Crippen LogP contribution in [-0.4, -0.2) is 55.1 Å². The molecule has 6 rings (SSSR count). The highest BCUT2D eigenvalue weighted by Crippen LogP contribution is 2.35. The lowest BCUT2D eigenvalue weighted by Crippen LogP contribution is -2.24. The normalized spacial score (nSPS) is 11.6. The average molecular weight is 991 g/mol. The van der Waals surface area contributed by atoms with Crippen LogP contribution in [0.1, 0.15) is 62.9 Å². The largest absolute Gasteiger partial charge is 0.478 e. The van der Waals surface area contributed by atoms with Crippen molar-refractivity contribution in [3.05, 3.63) is 176 Å². The third-order valence-corrected chi connectivity index (χ3v) is 14.1. The highest BCUT2D eigenvalue weighted by Gasteiger charge is 2.20. The molecule has 0 aliphatic rings. The maximum Gasteiger partial charge on any atom is 0.337 e. The third-order valence-electron chi connectivity index (χ3n) is 10.3. The number of nitrogens with zero attached hydrogens (tertiary/aromatic N) is 2. The van der Waals surface area contributed by atoms with Crippen LogP contribution in [0.3, 0.4) is 0 Å². The van der Waals surface area contributed by atoms with Gasteiger partial charge in [0, 0.05) is 53.9 Å². The van der Waals surface area contributed by atoms with E-state index in [9.17, 15) is 20.4 Å². The van der Waals surface area contributed by atoms with Crippen molar-refractivity contribution < 1.29 is 9.90 Å². The van der Waals surface area contributed by atoms with Gasteiger partial charge in [-0.2, -0.15) is 10.5 Å². The number of aryl methyl sites for hydroxylation is 1. The summed E-state index contributed by atoms with van der Waals surface area (Å²) in [6, 6.07) is 35.2. The number of halogens is 5. The number of carboxylic acids is 1. The van der Waals surface area contributed by atoms with Gasteiger partial charge in [-0.05, 0) is 106 Å². The number of nitriles is 2. The molecule has 0 saturated carbocycles. The van der Waals surface area contributed by atoms with Crippen LogP contribution in [0.2, 0.25) is 20.1 Å². The molecule has 6 aromatic carbocycles. The van der Waals surface area contributed by atoms with Crippen LogP contribution in [0.15, 0.2) is 132 Å². The number of allylic oxidation sites excluding steroid dienone is 2. The van der Waals surface area contributed by atoms with Crippen molar-refractivity contribution in [2.45, 2.75) is 41.4 Å². The number of aromatic carboxylic acids is 1. The predicted octanol–water partition coefficient (Wildman–Crippen LogP) is 15.0. The van der Waals surface area contributed by atoms with Gasteiger partial charge in [0.25, 0.3) is 0 Å². The highest BCUT2D eigenvalue weighted by atomic mass is 35.5. The van der Waals surface area contributed by atoms with Crippen molar-refractivity contribution in [1.29, 1.82) is 10.5 Å². The van der Waals surface area contributed by atoms with Gasteiger partial charge in [0.2, 0.25) is 0 Å². The lowest BCUT2D eigenvalue weighted by molar-refractivity contribution is 0.0695. The zero-order chi connectivity index (χ0) is 46.6. The second kappa shape index (κ2) is 27.3. The van der Waals surface area contributed by atoms with E-state index in [0.29, 0.717) is 60.7 Å². The molecule has 0 aliphatic heterocycles. The van der Waals surface area contributed by atoms with Crippen LogP contribution in [-0.2, 0) is 0 Å². The van der Waals surface area contributed by atoms with Gasteiger partial charge in [0.1, 0.15) is 12.1 Å². The van der Waals surface area contributed by atoms with Crippen molar-refractivity contribution in [2.75, 3.05) is 44.1 Å². The number of carbonyl (C=O) groups is 1. The first kappa shape index (κ1) is 52.5. The standard InChI is InChI=1S/C25H22Cl2N2O2S.C25H24Cl2N2S.CH3Cl/c1-2-5-18(16-8-9-21(26)22(27)13-16)15-29-10-11-32-24-19(14-28)12-17-6-3-4-7-20(17)23(24)25(30)31;1-3-6-20(18-9-10-23(26)24(27)14-18)16-29-11-12-30-25-17(2)22-8-5-4-7-19(22)13-21(25)15-28;1-2/h2-4,6-9,12-13,18,29H,1,5,10-11,15H2,(H,30,31);3-5,7-10,13-14,20,29H,1,6,11-12,16H2,2H3;1H3/t18-;20-;/m11./s1. The van der Waals surface area contributed by atoms with Crippen molar-refractivity contribution in [3.63, 3.8) is 0 Å². The minimum absolute atomic E-state index is 0.185. The summed E-state index contributed by atoms with van der Waals surface area (Å²) in [5.41, 5.74) is 4.72. The Hall–Kier alpha value is -4.16. The summed E-state index contributed by atoms with van der Waals surface area (Å²) in [6.45, 7) is 12.9. The number of thioether (sulfide) groups is 2. The first-order valence-corrected chi connectivity index (χ1v) is 24.5. The van der Waals surface area contributed by atoms with Crippen molar-refractivity contribution in [2.24, 2.45) is 0 Å². The Bertz CT molecular complexity index is 2650. The molecule has 0 aliphatic carbocycles. The number of carboxylic acid groups (broad SMARTS) is 1. The molecule has 64 heavy (non-hydrogen) atoms. The van der Waals surface area contributed by atoms with E-state index in [1.165, 1.54) is 29.1 Å². The monoisotopic (exact) mass is 988 g/mol. The molecular formula is C51H49Cl5N4O2S2. The molecule has 13 heteroatoms. The molecule has 0 aromatic heterocycles. The Morgan fingerprint density at radius 2 is 1.11 bits per heavy atom. The molecule has 6 aromatic rings. The Kier molecular flexibility index (Phi) is 22.4. The number of nitrogens with one attached hydrogen (secondary N) is 2. The van der Waals surface area contributed by atoms with E-state index < -0.39 is 5.97 Å². The lowest BCUT2D eigenvalue weighted by atomic mass is 9.95. The van der Waals surface area contributed by atoms with Gasteiger partial charge < -0.3 is 15.7 Å². The minimum atomic E-state index is -1.03. The molecule has 0 unspecified atom stereocenters. The molecule has 0 fully saturated rings. The van der Waals surface area contributed by atoms with E-state index >= 15 is 0 Å². The topological polar surface area (TPSA) is 109 Å². The SMILES string of the molecule is C=CC[C@H](CNCCSc1c(C#N)cc2ccccc2c1C(=O)O)c1ccc(Cl)c(Cl)c1.C=CC[C@H](CNCCSc1c(C#N)cc2ccccc2c1C)c1ccc(Cl)c(Cl)c1.CCl. The van der Waals surface area contributed by atoms with Crippen LogP contribution in [0.4, 0.5) is 0 Å². The quantitative estimate of drug-likeness (QED) is 0.0319. The molecule has 0 saturated heterocycles. The van der Waals surface area contributed by atoms with Gasteiger partial charge in [-0.1, -0.05) is 119 Å². The fourth-order valence-electron chi connectivity index (χ4n) is 7.17. The Labute approximate surface area is 410 Å². The highest BCUT2D eigenvalue weighted by molar-refractivity contribution is 7.99. The fourth-order valence-corrected chi connectivity index (χ4v) is 9.87. The maximum absolute atomic E-state index is 12.0. The smallest absolute Gasteiger partial charge is 0.337 e. The minimum Gasteiger partial charge on any atom is -0.478 e. The first-order chi connectivity index (χ1) is 31.0. The van der Waals surface area contributed by atoms with E-state index in [-0.39, 0.29) is 11.5 Å². The van der Waals surface area contributed by atoms with Crippen molar-refractivity contribution >= 4 is 109 Å². The van der Waals surface area contributed by atoms with Gasteiger partial charge in [0.15, 0.2) is 0 Å². The summed E-state index contributed by atoms with van der Waals surface area (Å²) in [6.07, 6.45) is 6.92. The summed E-state index contributed by atoms with van der Waals surface area (Å²) in [4.78, 5) is 13.6. The molecular weight excluding hydrogens is 942 g/mol. The van der Waals surface area contributed by atoms with Crippen LogP contribution in [0, 0.1) is 29.6 Å². The van der Waals surface area contributed by atoms with Crippen molar-refractivity contribution in [3.8, 4) is 12.1 Å². The van der Waals surface area contributed by atoms with Gasteiger partial charge >= 0.3 is 5.97 Å². The number of fused-ring (bicyclic) bond motifs is 2. The van der Waals surface area contributed by atoms with Crippen molar-refractivity contribution in [1.82, 2.24) is 10.6 Å². The second-order valence-electron chi connectivity index (χ2n) is 14.4. The van der Waals surface area contributed by atoms with Crippen LogP contribution >= 0.6 is 81.5 Å². The molecule has 0 bridgehead atoms. The molecule has 3 N–H and O–H groups in total. The molecule has 0 heterocycles. The molecule has 332 valence electrons. The number of alkyl halides is 1. The van der Waals surface area contributed by atoms with Gasteiger partial charge in [-0.25, -0.2) is 4.79 Å². The summed E-state index contributed by atoms with van der Waals surface area (Å²) in [5.74, 6) is 0.960.